The molecule has 106 valence electrons. The van der Waals surface area contributed by atoms with Gasteiger partial charge in [-0.3, -0.25) is 0 Å². The predicted octanol–water partition coefficient (Wildman–Crippen LogP) is 1.32. The van der Waals surface area contributed by atoms with Crippen molar-refractivity contribution in [2.45, 2.75) is 31.5 Å². The molecular formula is C15H19N3O2. The van der Waals surface area contributed by atoms with Crippen molar-refractivity contribution in [1.82, 2.24) is 4.98 Å². The molecule has 0 unspecified atom stereocenters. The zero-order valence-corrected chi connectivity index (χ0v) is 11.6. The Bertz CT molecular complexity index is 532. The minimum Gasteiger partial charge on any atom is -0.392 e. The van der Waals surface area contributed by atoms with Crippen molar-refractivity contribution in [3.63, 3.8) is 0 Å². The number of nitriles is 1. The highest BCUT2D eigenvalue weighted by atomic mass is 16.5. The second-order valence-corrected chi connectivity index (χ2v) is 5.69. The van der Waals surface area contributed by atoms with Crippen LogP contribution < -0.4 is 4.90 Å². The van der Waals surface area contributed by atoms with E-state index in [9.17, 15) is 5.11 Å². The van der Waals surface area contributed by atoms with Crippen LogP contribution in [0.5, 0.6) is 0 Å². The number of hydrogen-bond acceptors (Lipinski definition) is 5. The lowest BCUT2D eigenvalue weighted by Gasteiger charge is -2.56. The standard InChI is InChI=1S/C15H19N3O2/c1-20-13-9-12(19)15(13)5-7-18(8-6-15)14-4-2-3-11(10-16)17-14/h2-4,12-13,19H,5-9H2,1H3/t12-,13+/m1/s1. The van der Waals surface area contributed by atoms with Gasteiger partial charge in [0.05, 0.1) is 12.2 Å². The monoisotopic (exact) mass is 273 g/mol. The highest BCUT2D eigenvalue weighted by Crippen LogP contribution is 2.50. The van der Waals surface area contributed by atoms with Crippen LogP contribution in [0.25, 0.3) is 0 Å². The van der Waals surface area contributed by atoms with Crippen molar-refractivity contribution < 1.29 is 9.84 Å². The van der Waals surface area contributed by atoms with E-state index in [0.717, 1.165) is 38.2 Å². The van der Waals surface area contributed by atoms with Gasteiger partial charge in [0.25, 0.3) is 0 Å². The molecule has 2 heterocycles. The van der Waals surface area contributed by atoms with Crippen LogP contribution in [0.3, 0.4) is 0 Å². The van der Waals surface area contributed by atoms with Crippen molar-refractivity contribution in [2.24, 2.45) is 5.41 Å². The maximum Gasteiger partial charge on any atom is 0.142 e. The van der Waals surface area contributed by atoms with Crippen LogP contribution in [0, 0.1) is 16.7 Å². The van der Waals surface area contributed by atoms with Gasteiger partial charge in [0.1, 0.15) is 17.6 Å². The molecule has 0 amide bonds. The van der Waals surface area contributed by atoms with Crippen LogP contribution in [0.15, 0.2) is 18.2 Å². The summed E-state index contributed by atoms with van der Waals surface area (Å²) in [6, 6.07) is 7.58. The van der Waals surface area contributed by atoms with Crippen LogP contribution in [0.1, 0.15) is 25.0 Å². The fraction of sp³-hybridized carbons (Fsp3) is 0.600. The zero-order valence-electron chi connectivity index (χ0n) is 11.6. The SMILES string of the molecule is CO[C@H]1C[C@@H](O)C12CCN(c1cccc(C#N)n1)CC2. The summed E-state index contributed by atoms with van der Waals surface area (Å²) in [5.74, 6) is 0.849. The van der Waals surface area contributed by atoms with Crippen molar-refractivity contribution in [3.8, 4) is 6.07 Å². The number of methoxy groups -OCH3 is 1. The van der Waals surface area contributed by atoms with E-state index in [4.69, 9.17) is 10.00 Å². The van der Waals surface area contributed by atoms with E-state index in [-0.39, 0.29) is 17.6 Å². The number of aromatic nitrogens is 1. The van der Waals surface area contributed by atoms with Gasteiger partial charge in [-0.2, -0.15) is 5.26 Å². The molecule has 2 atom stereocenters. The Balaban J connectivity index is 1.71. The van der Waals surface area contributed by atoms with Crippen molar-refractivity contribution >= 4 is 5.82 Å². The van der Waals surface area contributed by atoms with Gasteiger partial charge in [-0.15, -0.1) is 0 Å². The van der Waals surface area contributed by atoms with E-state index in [2.05, 4.69) is 16.0 Å². The fourth-order valence-corrected chi connectivity index (χ4v) is 3.53. The first-order chi connectivity index (χ1) is 9.69. The summed E-state index contributed by atoms with van der Waals surface area (Å²) in [7, 11) is 1.72. The van der Waals surface area contributed by atoms with Gasteiger partial charge >= 0.3 is 0 Å². The first kappa shape index (κ1) is 13.3. The number of aliphatic hydroxyl groups is 1. The number of piperidine rings is 1. The Hall–Kier alpha value is -1.64. The van der Waals surface area contributed by atoms with Gasteiger partial charge < -0.3 is 14.7 Å². The minimum absolute atomic E-state index is 0.0713. The molecule has 1 aliphatic heterocycles. The van der Waals surface area contributed by atoms with Crippen molar-refractivity contribution in [3.05, 3.63) is 23.9 Å². The van der Waals surface area contributed by atoms with E-state index >= 15 is 0 Å². The Labute approximate surface area is 118 Å². The number of pyridine rings is 1. The second-order valence-electron chi connectivity index (χ2n) is 5.69. The van der Waals surface area contributed by atoms with Gasteiger partial charge in [0.2, 0.25) is 0 Å². The zero-order chi connectivity index (χ0) is 14.2. The molecule has 1 saturated carbocycles. The van der Waals surface area contributed by atoms with E-state index in [0.29, 0.717) is 5.69 Å². The maximum atomic E-state index is 10.1. The highest BCUT2D eigenvalue weighted by molar-refractivity contribution is 5.42. The van der Waals surface area contributed by atoms with E-state index in [1.165, 1.54) is 0 Å². The average molecular weight is 273 g/mol. The van der Waals surface area contributed by atoms with Gasteiger partial charge in [-0.05, 0) is 25.0 Å². The smallest absolute Gasteiger partial charge is 0.142 e. The van der Waals surface area contributed by atoms with Crippen LogP contribution in [-0.4, -0.2) is 42.5 Å². The van der Waals surface area contributed by atoms with Crippen LogP contribution in [-0.2, 0) is 4.74 Å². The number of rotatable bonds is 2. The molecule has 1 aromatic heterocycles. The molecule has 1 saturated heterocycles. The molecule has 1 aromatic rings. The predicted molar refractivity (Wildman–Crippen MR) is 74.3 cm³/mol. The third kappa shape index (κ3) is 1.96. The number of anilines is 1. The lowest BCUT2D eigenvalue weighted by molar-refractivity contribution is -0.190. The van der Waals surface area contributed by atoms with E-state index < -0.39 is 0 Å². The summed E-state index contributed by atoms with van der Waals surface area (Å²) in [5, 5.41) is 19.0. The molecule has 5 nitrogen and oxygen atoms in total. The summed E-state index contributed by atoms with van der Waals surface area (Å²) >= 11 is 0. The minimum atomic E-state index is -0.243. The van der Waals surface area contributed by atoms with Gasteiger partial charge in [-0.1, -0.05) is 6.07 Å². The Kier molecular flexibility index (Phi) is 3.36. The first-order valence-corrected chi connectivity index (χ1v) is 7.02. The second kappa shape index (κ2) is 5.04. The Morgan fingerprint density at radius 2 is 2.20 bits per heavy atom. The molecule has 1 spiro atoms. The average Bonchev–Trinajstić information content (AvgIpc) is 2.52. The van der Waals surface area contributed by atoms with Crippen LogP contribution in [0.2, 0.25) is 0 Å². The van der Waals surface area contributed by atoms with Crippen molar-refractivity contribution in [1.29, 1.82) is 5.26 Å². The maximum absolute atomic E-state index is 10.1. The summed E-state index contributed by atoms with van der Waals surface area (Å²) in [4.78, 5) is 6.52. The van der Waals surface area contributed by atoms with Gasteiger partial charge in [0, 0.05) is 32.0 Å². The third-order valence-electron chi connectivity index (χ3n) is 4.89. The molecule has 0 radical (unpaired) electrons. The number of aliphatic hydroxyl groups excluding tert-OH is 1. The lowest BCUT2D eigenvalue weighted by atomic mass is 9.58. The largest absolute Gasteiger partial charge is 0.392 e. The lowest BCUT2D eigenvalue weighted by Crippen LogP contribution is -2.62. The number of nitrogens with zero attached hydrogens (tertiary/aromatic N) is 3. The molecule has 2 fully saturated rings. The highest BCUT2D eigenvalue weighted by Gasteiger charge is 2.55. The molecule has 1 aliphatic carbocycles. The molecule has 20 heavy (non-hydrogen) atoms. The number of hydrogen-bond donors (Lipinski definition) is 1. The van der Waals surface area contributed by atoms with Gasteiger partial charge in [0.15, 0.2) is 0 Å². The quantitative estimate of drug-likeness (QED) is 0.880. The summed E-state index contributed by atoms with van der Waals surface area (Å²) in [6.45, 7) is 1.69. The molecular weight excluding hydrogens is 254 g/mol. The van der Waals surface area contributed by atoms with Crippen LogP contribution >= 0.6 is 0 Å². The topological polar surface area (TPSA) is 69.4 Å². The number of ether oxygens (including phenoxy) is 1. The molecule has 1 N–H and O–H groups in total. The fourth-order valence-electron chi connectivity index (χ4n) is 3.53. The summed E-state index contributed by atoms with van der Waals surface area (Å²) in [5.41, 5.74) is 0.374. The summed E-state index contributed by atoms with van der Waals surface area (Å²) in [6.07, 6.45) is 2.50. The molecule has 3 rings (SSSR count). The van der Waals surface area contributed by atoms with Gasteiger partial charge in [-0.25, -0.2) is 4.98 Å². The first-order valence-electron chi connectivity index (χ1n) is 7.02. The molecule has 0 aromatic carbocycles. The molecule has 0 bridgehead atoms. The normalized spacial score (nSPS) is 27.9. The Morgan fingerprint density at radius 3 is 2.80 bits per heavy atom. The van der Waals surface area contributed by atoms with Crippen LogP contribution in [0.4, 0.5) is 5.82 Å². The van der Waals surface area contributed by atoms with E-state index in [1.54, 1.807) is 13.2 Å². The van der Waals surface area contributed by atoms with Crippen molar-refractivity contribution in [2.75, 3.05) is 25.1 Å². The molecule has 5 heteroatoms. The third-order valence-corrected chi connectivity index (χ3v) is 4.89. The Morgan fingerprint density at radius 1 is 1.45 bits per heavy atom. The van der Waals surface area contributed by atoms with E-state index in [1.807, 2.05) is 12.1 Å². The molecule has 2 aliphatic rings. The summed E-state index contributed by atoms with van der Waals surface area (Å²) < 4.78 is 5.49.